The fourth-order valence-electron chi connectivity index (χ4n) is 4.62. The van der Waals surface area contributed by atoms with Crippen LogP contribution < -0.4 is 15.5 Å². The van der Waals surface area contributed by atoms with Crippen LogP contribution in [0.2, 0.25) is 0 Å². The number of amides is 1. The number of hydrogen-bond acceptors (Lipinski definition) is 6. The van der Waals surface area contributed by atoms with Crippen molar-refractivity contribution in [2.45, 2.75) is 71.5 Å². The van der Waals surface area contributed by atoms with E-state index in [1.54, 1.807) is 6.20 Å². The standard InChI is InChI=1S/C22H31F2N7O/c1-13(2)18-20(32)28-17-14(3)27-21(29-19(17)30(18)4)25-9-16-10-26-31(12-16)11-15-5-7-22(23,24)8-6-15/h10,12-13,15,18H,5-9,11H2,1-4H3,(H,28,32)(H,25,27,29)/t18-/m0/s1. The fraction of sp³-hybridized carbons (Fsp3) is 0.636. The molecule has 0 spiro atoms. The van der Waals surface area contributed by atoms with Gasteiger partial charge in [0, 0.05) is 44.7 Å². The molecular weight excluding hydrogens is 416 g/mol. The third-order valence-electron chi connectivity index (χ3n) is 6.39. The molecule has 1 atom stereocenters. The average Bonchev–Trinajstić information content (AvgIpc) is 3.16. The third-order valence-corrected chi connectivity index (χ3v) is 6.39. The molecule has 0 radical (unpaired) electrons. The van der Waals surface area contributed by atoms with Crippen molar-refractivity contribution in [3.63, 3.8) is 0 Å². The number of carbonyl (C=O) groups is 1. The Kier molecular flexibility index (Phi) is 6.05. The first-order valence-corrected chi connectivity index (χ1v) is 11.2. The van der Waals surface area contributed by atoms with Gasteiger partial charge in [0.2, 0.25) is 17.8 Å². The highest BCUT2D eigenvalue weighted by Gasteiger charge is 2.36. The zero-order valence-corrected chi connectivity index (χ0v) is 19.0. The van der Waals surface area contributed by atoms with Gasteiger partial charge >= 0.3 is 0 Å². The Morgan fingerprint density at radius 2 is 2.00 bits per heavy atom. The molecule has 2 aromatic rings. The van der Waals surface area contributed by atoms with Crippen LogP contribution in [0.25, 0.3) is 0 Å². The summed E-state index contributed by atoms with van der Waals surface area (Å²) in [5.74, 6) is -0.995. The smallest absolute Gasteiger partial charge is 0.248 e. The van der Waals surface area contributed by atoms with Crippen LogP contribution in [0.15, 0.2) is 12.4 Å². The van der Waals surface area contributed by atoms with Gasteiger partial charge in [0.25, 0.3) is 0 Å². The van der Waals surface area contributed by atoms with E-state index in [1.165, 1.54) is 0 Å². The number of alkyl halides is 2. The van der Waals surface area contributed by atoms with Crippen molar-refractivity contribution in [2.24, 2.45) is 11.8 Å². The van der Waals surface area contributed by atoms with E-state index < -0.39 is 5.92 Å². The van der Waals surface area contributed by atoms with Gasteiger partial charge < -0.3 is 15.5 Å². The normalized spacial score (nSPS) is 20.9. The van der Waals surface area contributed by atoms with Crippen LogP contribution in [-0.2, 0) is 17.9 Å². The molecule has 0 bridgehead atoms. The molecule has 1 aliphatic carbocycles. The maximum Gasteiger partial charge on any atom is 0.248 e. The van der Waals surface area contributed by atoms with Gasteiger partial charge in [-0.1, -0.05) is 13.8 Å². The molecule has 4 rings (SSSR count). The van der Waals surface area contributed by atoms with Crippen molar-refractivity contribution < 1.29 is 13.6 Å². The predicted molar refractivity (Wildman–Crippen MR) is 119 cm³/mol. The lowest BCUT2D eigenvalue weighted by Gasteiger charge is -2.36. The largest absolute Gasteiger partial charge is 0.350 e. The second kappa shape index (κ2) is 8.63. The van der Waals surface area contributed by atoms with E-state index in [4.69, 9.17) is 0 Å². The van der Waals surface area contributed by atoms with Crippen molar-refractivity contribution in [1.82, 2.24) is 19.7 Å². The Morgan fingerprint density at radius 3 is 2.69 bits per heavy atom. The van der Waals surface area contributed by atoms with Gasteiger partial charge in [-0.3, -0.25) is 9.48 Å². The fourth-order valence-corrected chi connectivity index (χ4v) is 4.62. The zero-order valence-electron chi connectivity index (χ0n) is 19.0. The molecular formula is C22H31F2N7O. The summed E-state index contributed by atoms with van der Waals surface area (Å²) in [4.78, 5) is 23.5. The molecule has 2 aromatic heterocycles. The predicted octanol–water partition coefficient (Wildman–Crippen LogP) is 3.83. The summed E-state index contributed by atoms with van der Waals surface area (Å²) in [5, 5.41) is 10.6. The van der Waals surface area contributed by atoms with E-state index in [9.17, 15) is 13.6 Å². The van der Waals surface area contributed by atoms with E-state index in [0.717, 1.165) is 5.56 Å². The highest BCUT2D eigenvalue weighted by molar-refractivity contribution is 6.03. The van der Waals surface area contributed by atoms with Crippen LogP contribution in [-0.4, -0.2) is 44.7 Å². The number of hydrogen-bond donors (Lipinski definition) is 2. The first kappa shape index (κ1) is 22.4. The van der Waals surface area contributed by atoms with Gasteiger partial charge in [0.1, 0.15) is 11.7 Å². The molecule has 32 heavy (non-hydrogen) atoms. The minimum atomic E-state index is -2.51. The number of nitrogens with one attached hydrogen (secondary N) is 2. The van der Waals surface area contributed by atoms with Crippen LogP contribution in [0.1, 0.15) is 50.8 Å². The molecule has 0 aromatic carbocycles. The number of aromatic nitrogens is 4. The Hall–Kier alpha value is -2.78. The van der Waals surface area contributed by atoms with Crippen molar-refractivity contribution >= 4 is 23.4 Å². The lowest BCUT2D eigenvalue weighted by molar-refractivity contribution is -0.118. The topological polar surface area (TPSA) is 88.0 Å². The summed E-state index contributed by atoms with van der Waals surface area (Å²) in [6.45, 7) is 7.02. The van der Waals surface area contributed by atoms with Crippen molar-refractivity contribution in [3.8, 4) is 0 Å². The van der Waals surface area contributed by atoms with Crippen molar-refractivity contribution in [2.75, 3.05) is 22.6 Å². The third kappa shape index (κ3) is 4.68. The zero-order chi connectivity index (χ0) is 23.0. The van der Waals surface area contributed by atoms with Gasteiger partial charge in [-0.05, 0) is 31.6 Å². The molecule has 10 heteroatoms. The Morgan fingerprint density at radius 1 is 1.28 bits per heavy atom. The van der Waals surface area contributed by atoms with E-state index in [1.807, 2.05) is 43.6 Å². The quantitative estimate of drug-likeness (QED) is 0.700. The number of anilines is 3. The Bertz CT molecular complexity index is 981. The van der Waals surface area contributed by atoms with E-state index >= 15 is 0 Å². The lowest BCUT2D eigenvalue weighted by atomic mass is 9.87. The first-order chi connectivity index (χ1) is 15.1. The number of likely N-dealkylation sites (N-methyl/N-ethyl adjacent to an activating group) is 1. The molecule has 1 amide bonds. The second-order valence-corrected chi connectivity index (χ2v) is 9.34. The molecule has 3 heterocycles. The van der Waals surface area contributed by atoms with Crippen LogP contribution in [0.5, 0.6) is 0 Å². The Balaban J connectivity index is 1.40. The Labute approximate surface area is 186 Å². The summed E-state index contributed by atoms with van der Waals surface area (Å²) < 4.78 is 28.5. The number of halogens is 2. The summed E-state index contributed by atoms with van der Waals surface area (Å²) in [6, 6.07) is -0.289. The van der Waals surface area contributed by atoms with Gasteiger partial charge in [0.05, 0.1) is 11.9 Å². The summed E-state index contributed by atoms with van der Waals surface area (Å²) in [6.07, 6.45) is 4.71. The van der Waals surface area contributed by atoms with Crippen LogP contribution >= 0.6 is 0 Å². The van der Waals surface area contributed by atoms with Gasteiger partial charge in [-0.2, -0.15) is 10.1 Å². The molecule has 0 saturated heterocycles. The molecule has 2 N–H and O–H groups in total. The lowest BCUT2D eigenvalue weighted by Crippen LogP contribution is -2.49. The summed E-state index contributed by atoms with van der Waals surface area (Å²) >= 11 is 0. The van der Waals surface area contributed by atoms with Crippen molar-refractivity contribution in [1.29, 1.82) is 0 Å². The van der Waals surface area contributed by atoms with Crippen molar-refractivity contribution in [3.05, 3.63) is 23.7 Å². The minimum Gasteiger partial charge on any atom is -0.350 e. The number of fused-ring (bicyclic) bond motifs is 1. The molecule has 2 aliphatic rings. The maximum atomic E-state index is 13.4. The number of aryl methyl sites for hydroxylation is 1. The van der Waals surface area contributed by atoms with E-state index in [-0.39, 0.29) is 36.6 Å². The van der Waals surface area contributed by atoms with Crippen LogP contribution in [0.4, 0.5) is 26.2 Å². The maximum absolute atomic E-state index is 13.4. The van der Waals surface area contributed by atoms with Crippen LogP contribution in [0.3, 0.4) is 0 Å². The SMILES string of the molecule is Cc1nc(NCc2cnn(CC3CCC(F)(F)CC3)c2)nc2c1NC(=O)[C@H](C(C)C)N2C. The highest BCUT2D eigenvalue weighted by atomic mass is 19.3. The second-order valence-electron chi connectivity index (χ2n) is 9.34. The molecule has 1 saturated carbocycles. The summed E-state index contributed by atoms with van der Waals surface area (Å²) in [5.41, 5.74) is 2.31. The monoisotopic (exact) mass is 447 g/mol. The highest BCUT2D eigenvalue weighted by Crippen LogP contribution is 2.37. The van der Waals surface area contributed by atoms with E-state index in [2.05, 4.69) is 25.7 Å². The molecule has 0 unspecified atom stereocenters. The molecule has 8 nitrogen and oxygen atoms in total. The van der Waals surface area contributed by atoms with E-state index in [0.29, 0.717) is 49.1 Å². The molecule has 1 fully saturated rings. The average molecular weight is 448 g/mol. The summed E-state index contributed by atoms with van der Waals surface area (Å²) in [7, 11) is 1.88. The van der Waals surface area contributed by atoms with Crippen LogP contribution in [0, 0.1) is 18.8 Å². The number of rotatable bonds is 6. The van der Waals surface area contributed by atoms with Gasteiger partial charge in [0.15, 0.2) is 5.82 Å². The molecule has 1 aliphatic heterocycles. The number of nitrogens with zero attached hydrogens (tertiary/aromatic N) is 5. The molecule has 174 valence electrons. The first-order valence-electron chi connectivity index (χ1n) is 11.2. The van der Waals surface area contributed by atoms with Gasteiger partial charge in [-0.25, -0.2) is 13.8 Å². The number of carbonyl (C=O) groups excluding carboxylic acids is 1. The van der Waals surface area contributed by atoms with Gasteiger partial charge in [-0.15, -0.1) is 0 Å². The minimum absolute atomic E-state index is 0.0328.